The maximum atomic E-state index is 5.98. The average Bonchev–Trinajstić information content (AvgIpc) is 2.78. The fourth-order valence-corrected chi connectivity index (χ4v) is 2.00. The zero-order chi connectivity index (χ0) is 12.3. The Kier molecular flexibility index (Phi) is 3.55. The number of nitrogen functional groups attached to an aromatic ring is 1. The minimum atomic E-state index is 0.491. The summed E-state index contributed by atoms with van der Waals surface area (Å²) in [7, 11) is 3.97. The summed E-state index contributed by atoms with van der Waals surface area (Å²) in [5.74, 6) is 6.99. The number of nitrogens with zero attached hydrogens (tertiary/aromatic N) is 1. The van der Waals surface area contributed by atoms with E-state index in [4.69, 9.17) is 5.73 Å². The van der Waals surface area contributed by atoms with Crippen molar-refractivity contribution in [3.05, 3.63) is 23.8 Å². The molecule has 0 radical (unpaired) electrons. The van der Waals surface area contributed by atoms with Crippen LogP contribution in [0.15, 0.2) is 18.2 Å². The minimum Gasteiger partial charge on any atom is -0.397 e. The van der Waals surface area contributed by atoms with Crippen molar-refractivity contribution in [2.75, 3.05) is 37.8 Å². The van der Waals surface area contributed by atoms with Gasteiger partial charge in [-0.05, 0) is 31.2 Å². The molecule has 0 bridgehead atoms. The van der Waals surface area contributed by atoms with Crippen LogP contribution in [-0.4, -0.2) is 27.2 Å². The molecule has 0 spiro atoms. The average molecular weight is 229 g/mol. The highest BCUT2D eigenvalue weighted by atomic mass is 15.1. The van der Waals surface area contributed by atoms with Crippen LogP contribution in [0.25, 0.3) is 0 Å². The van der Waals surface area contributed by atoms with Gasteiger partial charge in [0.1, 0.15) is 0 Å². The van der Waals surface area contributed by atoms with Gasteiger partial charge in [-0.2, -0.15) is 0 Å². The monoisotopic (exact) mass is 229 g/mol. The van der Waals surface area contributed by atoms with Crippen molar-refractivity contribution in [1.29, 1.82) is 0 Å². The smallest absolute Gasteiger partial charge is 0.0595 e. The van der Waals surface area contributed by atoms with Crippen LogP contribution in [0.2, 0.25) is 0 Å². The van der Waals surface area contributed by atoms with E-state index < -0.39 is 0 Å². The van der Waals surface area contributed by atoms with Gasteiger partial charge in [-0.3, -0.25) is 0 Å². The van der Waals surface area contributed by atoms with Gasteiger partial charge in [-0.1, -0.05) is 11.8 Å². The first-order chi connectivity index (χ1) is 8.16. The van der Waals surface area contributed by atoms with Gasteiger partial charge < -0.3 is 16.0 Å². The van der Waals surface area contributed by atoms with E-state index in [-0.39, 0.29) is 0 Å². The van der Waals surface area contributed by atoms with Crippen molar-refractivity contribution in [3.8, 4) is 11.8 Å². The predicted octanol–water partition coefficient (Wildman–Crippen LogP) is 1.30. The Hall–Kier alpha value is -1.66. The van der Waals surface area contributed by atoms with E-state index in [1.165, 1.54) is 0 Å². The van der Waals surface area contributed by atoms with Gasteiger partial charge in [-0.15, -0.1) is 0 Å². The molecule has 3 nitrogen and oxygen atoms in total. The minimum absolute atomic E-state index is 0.491. The summed E-state index contributed by atoms with van der Waals surface area (Å²) in [5.41, 5.74) is 8.81. The lowest BCUT2D eigenvalue weighted by atomic mass is 10.1. The molecule has 3 N–H and O–H groups in total. The van der Waals surface area contributed by atoms with Gasteiger partial charge in [-0.25, -0.2) is 0 Å². The first-order valence-corrected chi connectivity index (χ1v) is 5.96. The predicted molar refractivity (Wildman–Crippen MR) is 73.0 cm³/mol. The van der Waals surface area contributed by atoms with Crippen molar-refractivity contribution in [3.63, 3.8) is 0 Å². The van der Waals surface area contributed by atoms with Crippen LogP contribution in [0.1, 0.15) is 12.0 Å². The SMILES string of the molecule is CN(C)c1ccc(C#CC2CCNC2)cc1N. The molecule has 0 amide bonds. The molecule has 1 saturated heterocycles. The van der Waals surface area contributed by atoms with Gasteiger partial charge in [0.15, 0.2) is 0 Å². The standard InChI is InChI=1S/C14H19N3/c1-17(2)14-6-5-11(9-13(14)15)3-4-12-7-8-16-10-12/h5-6,9,12,16H,7-8,10,15H2,1-2H3. The van der Waals surface area contributed by atoms with E-state index in [2.05, 4.69) is 17.2 Å². The fraction of sp³-hybridized carbons (Fsp3) is 0.429. The molecule has 3 heteroatoms. The van der Waals surface area contributed by atoms with Crippen molar-refractivity contribution in [2.45, 2.75) is 6.42 Å². The number of hydrogen-bond acceptors (Lipinski definition) is 3. The molecular formula is C14H19N3. The molecule has 0 aliphatic carbocycles. The van der Waals surface area contributed by atoms with E-state index in [9.17, 15) is 0 Å². The highest BCUT2D eigenvalue weighted by molar-refractivity contribution is 5.69. The van der Waals surface area contributed by atoms with E-state index in [1.54, 1.807) is 0 Å². The first kappa shape index (κ1) is 11.8. The molecule has 1 heterocycles. The van der Waals surface area contributed by atoms with Gasteiger partial charge in [0.05, 0.1) is 11.4 Å². The summed E-state index contributed by atoms with van der Waals surface area (Å²) >= 11 is 0. The molecule has 1 aromatic carbocycles. The van der Waals surface area contributed by atoms with Crippen LogP contribution in [0.4, 0.5) is 11.4 Å². The zero-order valence-corrected chi connectivity index (χ0v) is 10.5. The fourth-order valence-electron chi connectivity index (χ4n) is 2.00. The Morgan fingerprint density at radius 3 is 2.82 bits per heavy atom. The zero-order valence-electron chi connectivity index (χ0n) is 10.5. The lowest BCUT2D eigenvalue weighted by Crippen LogP contribution is -2.11. The van der Waals surface area contributed by atoms with Crippen molar-refractivity contribution in [2.24, 2.45) is 5.92 Å². The van der Waals surface area contributed by atoms with Crippen LogP contribution < -0.4 is 16.0 Å². The van der Waals surface area contributed by atoms with Gasteiger partial charge in [0.2, 0.25) is 0 Å². The number of nitrogens with one attached hydrogen (secondary N) is 1. The molecule has 1 aliphatic heterocycles. The molecule has 0 saturated carbocycles. The topological polar surface area (TPSA) is 41.3 Å². The summed E-state index contributed by atoms with van der Waals surface area (Å²) in [6.45, 7) is 2.10. The maximum Gasteiger partial charge on any atom is 0.0595 e. The molecule has 2 rings (SSSR count). The van der Waals surface area contributed by atoms with Gasteiger partial charge in [0.25, 0.3) is 0 Å². The maximum absolute atomic E-state index is 5.98. The molecular weight excluding hydrogens is 210 g/mol. The summed E-state index contributed by atoms with van der Waals surface area (Å²) < 4.78 is 0. The number of rotatable bonds is 1. The van der Waals surface area contributed by atoms with E-state index in [0.29, 0.717) is 5.92 Å². The largest absolute Gasteiger partial charge is 0.397 e. The molecule has 17 heavy (non-hydrogen) atoms. The molecule has 0 aromatic heterocycles. The summed E-state index contributed by atoms with van der Waals surface area (Å²) in [4.78, 5) is 2.01. The van der Waals surface area contributed by atoms with Crippen molar-refractivity contribution < 1.29 is 0 Å². The van der Waals surface area contributed by atoms with Crippen LogP contribution in [-0.2, 0) is 0 Å². The van der Waals surface area contributed by atoms with Crippen LogP contribution in [0, 0.1) is 17.8 Å². The molecule has 1 unspecified atom stereocenters. The summed E-state index contributed by atoms with van der Waals surface area (Å²) in [5, 5.41) is 3.31. The van der Waals surface area contributed by atoms with Crippen LogP contribution >= 0.6 is 0 Å². The molecule has 1 aromatic rings. The molecule has 1 atom stereocenters. The second-order valence-electron chi connectivity index (χ2n) is 4.63. The van der Waals surface area contributed by atoms with Gasteiger partial charge >= 0.3 is 0 Å². The van der Waals surface area contributed by atoms with Crippen LogP contribution in [0.3, 0.4) is 0 Å². The van der Waals surface area contributed by atoms with E-state index in [0.717, 1.165) is 36.4 Å². The molecule has 1 fully saturated rings. The number of anilines is 2. The van der Waals surface area contributed by atoms with E-state index >= 15 is 0 Å². The Bertz CT molecular complexity index is 448. The Balaban J connectivity index is 2.14. The Labute approximate surface area is 103 Å². The molecule has 1 aliphatic rings. The van der Waals surface area contributed by atoms with Crippen molar-refractivity contribution in [1.82, 2.24) is 5.32 Å². The normalized spacial score (nSPS) is 18.6. The van der Waals surface area contributed by atoms with Crippen molar-refractivity contribution >= 4 is 11.4 Å². The second kappa shape index (κ2) is 5.11. The number of hydrogen-bond donors (Lipinski definition) is 2. The van der Waals surface area contributed by atoms with E-state index in [1.807, 2.05) is 37.2 Å². The van der Waals surface area contributed by atoms with Crippen LogP contribution in [0.5, 0.6) is 0 Å². The Morgan fingerprint density at radius 2 is 2.24 bits per heavy atom. The number of nitrogens with two attached hydrogens (primary N) is 1. The lowest BCUT2D eigenvalue weighted by molar-refractivity contribution is 0.755. The van der Waals surface area contributed by atoms with Gasteiger partial charge in [0, 0.05) is 32.1 Å². The Morgan fingerprint density at radius 1 is 1.41 bits per heavy atom. The highest BCUT2D eigenvalue weighted by Crippen LogP contribution is 2.21. The third-order valence-electron chi connectivity index (χ3n) is 2.99. The third kappa shape index (κ3) is 2.92. The lowest BCUT2D eigenvalue weighted by Gasteiger charge is -2.14. The third-order valence-corrected chi connectivity index (χ3v) is 2.99. The highest BCUT2D eigenvalue weighted by Gasteiger charge is 2.10. The number of benzene rings is 1. The summed E-state index contributed by atoms with van der Waals surface area (Å²) in [6.07, 6.45) is 1.15. The molecule has 90 valence electrons. The quantitative estimate of drug-likeness (QED) is 0.563. The first-order valence-electron chi connectivity index (χ1n) is 5.96. The second-order valence-corrected chi connectivity index (χ2v) is 4.63. The summed E-state index contributed by atoms with van der Waals surface area (Å²) in [6, 6.07) is 6.00.